The van der Waals surface area contributed by atoms with E-state index in [1.54, 1.807) is 12.1 Å². The summed E-state index contributed by atoms with van der Waals surface area (Å²) in [5, 5.41) is 0. The molecule has 0 aromatic heterocycles. The standard InChI is InChI=1S/C17H18N2O4S/c1-3-12-7-9-13(10-8-12)16(20)18-19-17(21)14-5-4-6-15(11-14)24(2,22)23/h4-11H,3H2,1-2H3,(H,18,20)(H,19,21). The van der Waals surface area contributed by atoms with Crippen LogP contribution in [0.25, 0.3) is 0 Å². The van der Waals surface area contributed by atoms with Gasteiger partial charge in [-0.2, -0.15) is 0 Å². The number of hydrogen-bond acceptors (Lipinski definition) is 4. The van der Waals surface area contributed by atoms with Gasteiger partial charge in [-0.05, 0) is 42.3 Å². The van der Waals surface area contributed by atoms with Crippen molar-refractivity contribution in [1.29, 1.82) is 0 Å². The molecule has 0 bridgehead atoms. The smallest absolute Gasteiger partial charge is 0.267 e. The summed E-state index contributed by atoms with van der Waals surface area (Å²) in [5.41, 5.74) is 6.23. The van der Waals surface area contributed by atoms with Gasteiger partial charge in [-0.15, -0.1) is 0 Å². The Hall–Kier alpha value is -2.67. The van der Waals surface area contributed by atoms with Crippen molar-refractivity contribution < 1.29 is 18.0 Å². The van der Waals surface area contributed by atoms with Gasteiger partial charge in [-0.3, -0.25) is 20.4 Å². The Morgan fingerprint density at radius 1 is 0.917 bits per heavy atom. The summed E-state index contributed by atoms with van der Waals surface area (Å²) in [4.78, 5) is 24.1. The normalized spacial score (nSPS) is 10.9. The van der Waals surface area contributed by atoms with E-state index in [2.05, 4.69) is 10.9 Å². The van der Waals surface area contributed by atoms with Gasteiger partial charge in [0.15, 0.2) is 9.84 Å². The van der Waals surface area contributed by atoms with E-state index in [0.29, 0.717) is 5.56 Å². The number of hydrogen-bond donors (Lipinski definition) is 2. The summed E-state index contributed by atoms with van der Waals surface area (Å²) >= 11 is 0. The Labute approximate surface area is 140 Å². The SMILES string of the molecule is CCc1ccc(C(=O)NNC(=O)c2cccc(S(C)(=O)=O)c2)cc1. The number of amides is 2. The Kier molecular flexibility index (Phi) is 5.35. The molecule has 24 heavy (non-hydrogen) atoms. The van der Waals surface area contributed by atoms with E-state index in [4.69, 9.17) is 0 Å². The number of rotatable bonds is 4. The van der Waals surface area contributed by atoms with E-state index >= 15 is 0 Å². The number of sulfone groups is 1. The fraction of sp³-hybridized carbons (Fsp3) is 0.176. The van der Waals surface area contributed by atoms with E-state index in [1.165, 1.54) is 24.3 Å². The average molecular weight is 346 g/mol. The molecular weight excluding hydrogens is 328 g/mol. The second-order valence-electron chi connectivity index (χ2n) is 5.26. The van der Waals surface area contributed by atoms with Crippen LogP contribution in [0.5, 0.6) is 0 Å². The highest BCUT2D eigenvalue weighted by Crippen LogP contribution is 2.11. The van der Waals surface area contributed by atoms with Crippen molar-refractivity contribution in [1.82, 2.24) is 10.9 Å². The first-order valence-electron chi connectivity index (χ1n) is 7.31. The van der Waals surface area contributed by atoms with Crippen molar-refractivity contribution in [3.05, 3.63) is 65.2 Å². The maximum atomic E-state index is 12.0. The average Bonchev–Trinajstić information content (AvgIpc) is 2.58. The zero-order valence-electron chi connectivity index (χ0n) is 13.4. The van der Waals surface area contributed by atoms with Crippen LogP contribution in [-0.4, -0.2) is 26.5 Å². The Balaban J connectivity index is 2.03. The molecule has 6 nitrogen and oxygen atoms in total. The van der Waals surface area contributed by atoms with Gasteiger partial charge < -0.3 is 0 Å². The highest BCUT2D eigenvalue weighted by molar-refractivity contribution is 7.90. The quantitative estimate of drug-likeness (QED) is 0.825. The van der Waals surface area contributed by atoms with Crippen LogP contribution in [0.2, 0.25) is 0 Å². The van der Waals surface area contributed by atoms with Crippen molar-refractivity contribution in [2.75, 3.05) is 6.26 Å². The van der Waals surface area contributed by atoms with Crippen LogP contribution in [0.1, 0.15) is 33.2 Å². The molecule has 0 atom stereocenters. The van der Waals surface area contributed by atoms with E-state index in [9.17, 15) is 18.0 Å². The first kappa shape index (κ1) is 17.7. The minimum Gasteiger partial charge on any atom is -0.267 e. The molecule has 0 fully saturated rings. The van der Waals surface area contributed by atoms with Gasteiger partial charge in [0.25, 0.3) is 11.8 Å². The maximum Gasteiger partial charge on any atom is 0.269 e. The van der Waals surface area contributed by atoms with Crippen molar-refractivity contribution in [3.8, 4) is 0 Å². The predicted molar refractivity (Wildman–Crippen MR) is 90.3 cm³/mol. The van der Waals surface area contributed by atoms with Gasteiger partial charge in [0.2, 0.25) is 0 Å². The zero-order valence-corrected chi connectivity index (χ0v) is 14.2. The monoisotopic (exact) mass is 346 g/mol. The largest absolute Gasteiger partial charge is 0.269 e. The summed E-state index contributed by atoms with van der Waals surface area (Å²) in [6.45, 7) is 2.01. The molecule has 2 rings (SSSR count). The first-order chi connectivity index (χ1) is 11.3. The maximum absolute atomic E-state index is 12.0. The van der Waals surface area contributed by atoms with Crippen LogP contribution in [-0.2, 0) is 16.3 Å². The van der Waals surface area contributed by atoms with Crippen molar-refractivity contribution in [2.24, 2.45) is 0 Å². The summed E-state index contributed by atoms with van der Waals surface area (Å²) in [6, 6.07) is 12.6. The lowest BCUT2D eigenvalue weighted by atomic mass is 10.1. The minimum absolute atomic E-state index is 0.0385. The number of carbonyl (C=O) groups excluding carboxylic acids is 2. The Morgan fingerprint density at radius 2 is 1.50 bits per heavy atom. The molecule has 0 aliphatic heterocycles. The van der Waals surface area contributed by atoms with E-state index in [1.807, 2.05) is 19.1 Å². The zero-order chi connectivity index (χ0) is 17.7. The van der Waals surface area contributed by atoms with Gasteiger partial charge in [-0.25, -0.2) is 8.42 Å². The lowest BCUT2D eigenvalue weighted by Crippen LogP contribution is -2.41. The fourth-order valence-electron chi connectivity index (χ4n) is 2.02. The molecule has 0 saturated carbocycles. The van der Waals surface area contributed by atoms with Crippen LogP contribution < -0.4 is 10.9 Å². The van der Waals surface area contributed by atoms with Gasteiger partial charge in [-0.1, -0.05) is 25.1 Å². The van der Waals surface area contributed by atoms with Gasteiger partial charge in [0.1, 0.15) is 0 Å². The molecule has 126 valence electrons. The van der Waals surface area contributed by atoms with Crippen LogP contribution in [0.15, 0.2) is 53.4 Å². The molecule has 0 radical (unpaired) electrons. The second kappa shape index (κ2) is 7.27. The van der Waals surface area contributed by atoms with Gasteiger partial charge in [0, 0.05) is 17.4 Å². The first-order valence-corrected chi connectivity index (χ1v) is 9.20. The summed E-state index contributed by atoms with van der Waals surface area (Å²) in [6.07, 6.45) is 1.93. The lowest BCUT2D eigenvalue weighted by molar-refractivity contribution is 0.0846. The molecule has 2 amide bonds. The fourth-order valence-corrected chi connectivity index (χ4v) is 2.68. The third-order valence-electron chi connectivity index (χ3n) is 3.44. The third-order valence-corrected chi connectivity index (χ3v) is 4.55. The second-order valence-corrected chi connectivity index (χ2v) is 7.27. The van der Waals surface area contributed by atoms with Crippen LogP contribution >= 0.6 is 0 Å². The summed E-state index contributed by atoms with van der Waals surface area (Å²) in [5.74, 6) is -1.05. The molecule has 0 unspecified atom stereocenters. The molecule has 0 aliphatic carbocycles. The Bertz CT molecular complexity index is 858. The van der Waals surface area contributed by atoms with Crippen molar-refractivity contribution in [3.63, 3.8) is 0 Å². The van der Waals surface area contributed by atoms with Gasteiger partial charge >= 0.3 is 0 Å². The van der Waals surface area contributed by atoms with Crippen LogP contribution in [0, 0.1) is 0 Å². The highest BCUT2D eigenvalue weighted by Gasteiger charge is 2.12. The summed E-state index contributed by atoms with van der Waals surface area (Å²) < 4.78 is 23.0. The number of nitrogens with one attached hydrogen (secondary N) is 2. The number of benzene rings is 2. The molecule has 7 heteroatoms. The Morgan fingerprint density at radius 3 is 2.04 bits per heavy atom. The molecule has 0 saturated heterocycles. The topological polar surface area (TPSA) is 92.3 Å². The summed E-state index contributed by atoms with van der Waals surface area (Å²) in [7, 11) is -3.41. The third kappa shape index (κ3) is 4.42. The van der Waals surface area contributed by atoms with E-state index < -0.39 is 21.7 Å². The predicted octanol–water partition coefficient (Wildman–Crippen LogP) is 1.73. The van der Waals surface area contributed by atoms with Crippen molar-refractivity contribution >= 4 is 21.7 Å². The van der Waals surface area contributed by atoms with E-state index in [-0.39, 0.29) is 10.5 Å². The lowest BCUT2D eigenvalue weighted by Gasteiger charge is -2.08. The van der Waals surface area contributed by atoms with Crippen LogP contribution in [0.3, 0.4) is 0 Å². The molecule has 2 N–H and O–H groups in total. The molecule has 0 aliphatic rings. The number of carbonyl (C=O) groups is 2. The van der Waals surface area contributed by atoms with E-state index in [0.717, 1.165) is 18.2 Å². The highest BCUT2D eigenvalue weighted by atomic mass is 32.2. The van der Waals surface area contributed by atoms with Crippen LogP contribution in [0.4, 0.5) is 0 Å². The number of aryl methyl sites for hydroxylation is 1. The molecular formula is C17H18N2O4S. The minimum atomic E-state index is -3.41. The molecule has 2 aromatic rings. The van der Waals surface area contributed by atoms with Gasteiger partial charge in [0.05, 0.1) is 4.90 Å². The molecule has 0 spiro atoms. The number of hydrazine groups is 1. The molecule has 2 aromatic carbocycles. The molecule has 0 heterocycles. The van der Waals surface area contributed by atoms with Crippen molar-refractivity contribution in [2.45, 2.75) is 18.2 Å².